The van der Waals surface area contributed by atoms with Gasteiger partial charge >= 0.3 is 0 Å². The molecule has 0 unspecified atom stereocenters. The van der Waals surface area contributed by atoms with E-state index in [1.807, 2.05) is 0 Å². The summed E-state index contributed by atoms with van der Waals surface area (Å²) >= 11 is 0. The second-order valence-electron chi connectivity index (χ2n) is 13.2. The number of carbonyl (C=O) groups excluding carboxylic acids is 1. The molecular weight excluding hydrogens is 428 g/mol. The van der Waals surface area contributed by atoms with E-state index in [2.05, 4.69) is 86.5 Å². The number of hydrogen-bond acceptors (Lipinski definition) is 3. The Kier molecular flexibility index (Phi) is 8.68. The maximum atomic E-state index is 12.6. The van der Waals surface area contributed by atoms with E-state index >= 15 is 0 Å². The maximum Gasteiger partial charge on any atom is 0.192 e. The van der Waals surface area contributed by atoms with Gasteiger partial charge in [0.05, 0.1) is 12.2 Å². The number of carbonyl (C=O) groups is 1. The number of rotatable bonds is 7. The maximum absolute atomic E-state index is 12.6. The largest absolute Gasteiger partial charge is 0.413 e. The molecule has 0 aromatic carbocycles. The molecular formula is C27H50O3Si2. The highest BCUT2D eigenvalue weighted by Gasteiger charge is 2.45. The molecule has 2 aliphatic carbocycles. The van der Waals surface area contributed by atoms with E-state index < -0.39 is 16.6 Å². The number of hydrogen-bond donors (Lipinski definition) is 0. The lowest BCUT2D eigenvalue weighted by molar-refractivity contribution is -0.115. The molecule has 3 nitrogen and oxygen atoms in total. The Bertz CT molecular complexity index is 703. The van der Waals surface area contributed by atoms with Crippen molar-refractivity contribution in [2.45, 2.75) is 129 Å². The Balaban J connectivity index is 2.29. The van der Waals surface area contributed by atoms with Gasteiger partial charge in [0.25, 0.3) is 0 Å². The summed E-state index contributed by atoms with van der Waals surface area (Å²) in [5, 5.41) is 0.291. The van der Waals surface area contributed by atoms with Gasteiger partial charge in [0.2, 0.25) is 0 Å². The Hall–Kier alpha value is -0.496. The standard InChI is InChI=1S/C27H50O3Si2/c1-20-22(25(19-23(20)28)30-32(10,11)27(5,6)7)17-18-24(21-15-13-12-14-16-21)29-31(8,9)26(2,3)4/h17-18,21-22,24-25H,1,12-16,19H2,2-11H3/b18-17+/t22-,24+,25-/m1/s1. The van der Waals surface area contributed by atoms with E-state index in [-0.39, 0.29) is 34.0 Å². The predicted molar refractivity (Wildman–Crippen MR) is 142 cm³/mol. The first-order chi connectivity index (χ1) is 14.5. The van der Waals surface area contributed by atoms with Crippen LogP contribution in [-0.2, 0) is 13.6 Å². The summed E-state index contributed by atoms with van der Waals surface area (Å²) in [5.74, 6) is 0.688. The molecule has 0 heterocycles. The number of Topliss-reactive ketones (excluding diaryl/α,β-unsaturated/α-hetero) is 1. The van der Waals surface area contributed by atoms with Crippen LogP contribution < -0.4 is 0 Å². The predicted octanol–water partition coefficient (Wildman–Crippen LogP) is 8.05. The summed E-state index contributed by atoms with van der Waals surface area (Å²) in [7, 11) is -3.88. The van der Waals surface area contributed by atoms with E-state index in [1.54, 1.807) is 0 Å². The normalized spacial score (nSPS) is 25.7. The van der Waals surface area contributed by atoms with E-state index in [0.717, 1.165) is 0 Å². The number of ketones is 1. The first kappa shape index (κ1) is 27.7. The molecule has 32 heavy (non-hydrogen) atoms. The fraction of sp³-hybridized carbons (Fsp3) is 0.815. The highest BCUT2D eigenvalue weighted by molar-refractivity contribution is 6.74. The molecule has 184 valence electrons. The molecule has 2 fully saturated rings. The van der Waals surface area contributed by atoms with Crippen LogP contribution >= 0.6 is 0 Å². The van der Waals surface area contributed by atoms with Gasteiger partial charge in [0, 0.05) is 12.3 Å². The van der Waals surface area contributed by atoms with Crippen molar-refractivity contribution in [2.24, 2.45) is 11.8 Å². The zero-order valence-electron chi connectivity index (χ0n) is 22.6. The Morgan fingerprint density at radius 3 is 1.97 bits per heavy atom. The van der Waals surface area contributed by atoms with Gasteiger partial charge in [-0.3, -0.25) is 4.79 Å². The van der Waals surface area contributed by atoms with Gasteiger partial charge in [0.15, 0.2) is 22.4 Å². The van der Waals surface area contributed by atoms with Crippen LogP contribution in [0.25, 0.3) is 0 Å². The minimum absolute atomic E-state index is 0.0364. The molecule has 2 saturated carbocycles. The van der Waals surface area contributed by atoms with Crippen LogP contribution in [0.1, 0.15) is 80.1 Å². The van der Waals surface area contributed by atoms with E-state index in [9.17, 15) is 4.79 Å². The summed E-state index contributed by atoms with van der Waals surface area (Å²) in [4.78, 5) is 12.6. The van der Waals surface area contributed by atoms with Gasteiger partial charge < -0.3 is 8.85 Å². The molecule has 3 atom stereocenters. The van der Waals surface area contributed by atoms with Crippen molar-refractivity contribution in [1.29, 1.82) is 0 Å². The summed E-state index contributed by atoms with van der Waals surface area (Å²) in [5.41, 5.74) is 0.708. The van der Waals surface area contributed by atoms with Gasteiger partial charge in [-0.15, -0.1) is 0 Å². The van der Waals surface area contributed by atoms with E-state index in [4.69, 9.17) is 8.85 Å². The third-order valence-electron chi connectivity index (χ3n) is 8.66. The van der Waals surface area contributed by atoms with Crippen LogP contribution in [0.4, 0.5) is 0 Å². The van der Waals surface area contributed by atoms with Gasteiger partial charge in [-0.25, -0.2) is 0 Å². The summed E-state index contributed by atoms with van der Waals surface area (Å²) in [6.07, 6.45) is 11.4. The molecule has 0 spiro atoms. The fourth-order valence-electron chi connectivity index (χ4n) is 4.26. The Morgan fingerprint density at radius 1 is 0.938 bits per heavy atom. The molecule has 0 aromatic heterocycles. The van der Waals surface area contributed by atoms with Gasteiger partial charge in [-0.05, 0) is 60.6 Å². The first-order valence-corrected chi connectivity index (χ1v) is 18.5. The fourth-order valence-corrected chi connectivity index (χ4v) is 6.91. The van der Waals surface area contributed by atoms with Gasteiger partial charge in [-0.1, -0.05) is 79.5 Å². The minimum Gasteiger partial charge on any atom is -0.413 e. The highest BCUT2D eigenvalue weighted by atomic mass is 28.4. The van der Waals surface area contributed by atoms with Crippen LogP contribution in [0.15, 0.2) is 24.3 Å². The van der Waals surface area contributed by atoms with Crippen molar-refractivity contribution >= 4 is 22.4 Å². The average Bonchev–Trinajstić information content (AvgIpc) is 2.90. The highest BCUT2D eigenvalue weighted by Crippen LogP contribution is 2.43. The second-order valence-corrected chi connectivity index (χ2v) is 22.7. The lowest BCUT2D eigenvalue weighted by Gasteiger charge is -2.41. The zero-order valence-corrected chi connectivity index (χ0v) is 24.6. The SMILES string of the molecule is C=C1C(=O)C[C@@H](O[Si](C)(C)C(C)(C)C)[C@@H]1/C=C/[C@H](O[Si](C)(C)C(C)(C)C)C1CCCCC1. The van der Waals surface area contributed by atoms with Gasteiger partial charge in [-0.2, -0.15) is 0 Å². The van der Waals surface area contributed by atoms with Crippen molar-refractivity contribution in [2.75, 3.05) is 0 Å². The van der Waals surface area contributed by atoms with E-state index in [1.165, 1.54) is 32.1 Å². The molecule has 2 rings (SSSR count). The molecule has 5 heteroatoms. The molecule has 0 amide bonds. The van der Waals surface area contributed by atoms with Crippen LogP contribution in [-0.4, -0.2) is 34.6 Å². The van der Waals surface area contributed by atoms with Crippen LogP contribution in [0.2, 0.25) is 36.3 Å². The molecule has 0 radical (unpaired) electrons. The van der Waals surface area contributed by atoms with Crippen molar-refractivity contribution in [1.82, 2.24) is 0 Å². The first-order valence-electron chi connectivity index (χ1n) is 12.7. The second kappa shape index (κ2) is 10.0. The van der Waals surface area contributed by atoms with Crippen LogP contribution in [0, 0.1) is 11.8 Å². The van der Waals surface area contributed by atoms with Crippen LogP contribution in [0.5, 0.6) is 0 Å². The Labute approximate surface area is 200 Å². The third kappa shape index (κ3) is 6.55. The molecule has 0 saturated heterocycles. The molecule has 0 aliphatic heterocycles. The average molecular weight is 479 g/mol. The zero-order chi connectivity index (χ0) is 24.5. The van der Waals surface area contributed by atoms with Crippen LogP contribution in [0.3, 0.4) is 0 Å². The lowest BCUT2D eigenvalue weighted by atomic mass is 9.84. The summed E-state index contributed by atoms with van der Waals surface area (Å²) in [6.45, 7) is 27.1. The summed E-state index contributed by atoms with van der Waals surface area (Å²) < 4.78 is 13.7. The third-order valence-corrected chi connectivity index (χ3v) is 17.6. The smallest absolute Gasteiger partial charge is 0.192 e. The summed E-state index contributed by atoms with van der Waals surface area (Å²) in [6, 6.07) is 0. The topological polar surface area (TPSA) is 35.5 Å². The monoisotopic (exact) mass is 478 g/mol. The van der Waals surface area contributed by atoms with Crippen molar-refractivity contribution in [3.63, 3.8) is 0 Å². The van der Waals surface area contributed by atoms with Crippen molar-refractivity contribution in [3.8, 4) is 0 Å². The van der Waals surface area contributed by atoms with Gasteiger partial charge in [0.1, 0.15) is 0 Å². The molecule has 2 aliphatic rings. The molecule has 0 aromatic rings. The molecule has 0 bridgehead atoms. The van der Waals surface area contributed by atoms with E-state index in [0.29, 0.717) is 17.9 Å². The van der Waals surface area contributed by atoms with Crippen molar-refractivity contribution in [3.05, 3.63) is 24.3 Å². The molecule has 0 N–H and O–H groups in total. The minimum atomic E-state index is -1.97. The Morgan fingerprint density at radius 2 is 1.47 bits per heavy atom. The quantitative estimate of drug-likeness (QED) is 0.211. The lowest BCUT2D eigenvalue weighted by Crippen LogP contribution is -2.46. The van der Waals surface area contributed by atoms with Crippen molar-refractivity contribution < 1.29 is 13.6 Å².